The second kappa shape index (κ2) is 6.54. The van der Waals surface area contributed by atoms with Crippen molar-refractivity contribution < 1.29 is 18.0 Å². The number of sulfonamides is 1. The van der Waals surface area contributed by atoms with Crippen LogP contribution in [-0.4, -0.2) is 78.4 Å². The van der Waals surface area contributed by atoms with Crippen molar-refractivity contribution in [1.82, 2.24) is 14.1 Å². The molecular weight excluding hydrogens is 342 g/mol. The number of fused-ring (bicyclic) bond motifs is 1. The summed E-state index contributed by atoms with van der Waals surface area (Å²) in [5, 5.41) is 0. The van der Waals surface area contributed by atoms with Crippen LogP contribution >= 0.6 is 0 Å². The summed E-state index contributed by atoms with van der Waals surface area (Å²) in [5.41, 5.74) is 0. The zero-order valence-corrected chi connectivity index (χ0v) is 15.4. The maximum Gasteiger partial charge on any atom is 0.223 e. The first kappa shape index (κ1) is 17.3. The summed E-state index contributed by atoms with van der Waals surface area (Å²) in [4.78, 5) is 28.8. The first-order chi connectivity index (χ1) is 12.0. The van der Waals surface area contributed by atoms with Crippen molar-refractivity contribution in [3.05, 3.63) is 0 Å². The number of hydrogen-bond donors (Lipinski definition) is 0. The number of nitrogens with zero attached hydrogens (tertiary/aromatic N) is 3. The molecule has 0 spiro atoms. The molecule has 3 aliphatic heterocycles. The molecule has 2 amide bonds. The van der Waals surface area contributed by atoms with Gasteiger partial charge in [0, 0.05) is 51.1 Å². The predicted molar refractivity (Wildman–Crippen MR) is 92.2 cm³/mol. The van der Waals surface area contributed by atoms with Crippen LogP contribution in [0, 0.1) is 5.92 Å². The average molecular weight is 369 g/mol. The number of likely N-dealkylation sites (tertiary alicyclic amines) is 2. The van der Waals surface area contributed by atoms with Crippen molar-refractivity contribution in [3.8, 4) is 0 Å². The lowest BCUT2D eigenvalue weighted by atomic mass is 9.83. The minimum absolute atomic E-state index is 0.0513. The minimum Gasteiger partial charge on any atom is -0.342 e. The number of piperidine rings is 2. The van der Waals surface area contributed by atoms with E-state index in [1.165, 1.54) is 4.31 Å². The molecule has 4 aliphatic rings. The van der Waals surface area contributed by atoms with Crippen molar-refractivity contribution in [3.63, 3.8) is 0 Å². The van der Waals surface area contributed by atoms with Gasteiger partial charge in [-0.15, -0.1) is 0 Å². The van der Waals surface area contributed by atoms with E-state index in [1.54, 1.807) is 0 Å². The quantitative estimate of drug-likeness (QED) is 0.719. The van der Waals surface area contributed by atoms with Crippen LogP contribution in [0.4, 0.5) is 0 Å². The van der Waals surface area contributed by atoms with E-state index in [9.17, 15) is 18.0 Å². The highest BCUT2D eigenvalue weighted by molar-refractivity contribution is 7.89. The molecule has 0 aromatic heterocycles. The summed E-state index contributed by atoms with van der Waals surface area (Å²) in [6, 6.07) is 0.750. The Bertz CT molecular complexity index is 661. The first-order valence-corrected chi connectivity index (χ1v) is 11.1. The Labute approximate surface area is 149 Å². The molecule has 3 heterocycles. The number of carbonyl (C=O) groups excluding carboxylic acids is 2. The van der Waals surface area contributed by atoms with Crippen molar-refractivity contribution in [2.75, 3.05) is 31.9 Å². The molecule has 1 saturated carbocycles. The van der Waals surface area contributed by atoms with Gasteiger partial charge < -0.3 is 9.80 Å². The van der Waals surface area contributed by atoms with Crippen LogP contribution in [0.25, 0.3) is 0 Å². The van der Waals surface area contributed by atoms with Crippen molar-refractivity contribution in [2.24, 2.45) is 5.92 Å². The van der Waals surface area contributed by atoms with E-state index in [0.717, 1.165) is 25.7 Å². The van der Waals surface area contributed by atoms with Crippen LogP contribution in [0.3, 0.4) is 0 Å². The third-order valence-electron chi connectivity index (χ3n) is 6.14. The third kappa shape index (κ3) is 3.43. The van der Waals surface area contributed by atoms with Gasteiger partial charge in [-0.1, -0.05) is 0 Å². The van der Waals surface area contributed by atoms with Gasteiger partial charge in [0.1, 0.15) is 0 Å². The summed E-state index contributed by atoms with van der Waals surface area (Å²) in [6.07, 6.45) is 5.52. The molecule has 0 bridgehead atoms. The molecule has 2 unspecified atom stereocenters. The lowest BCUT2D eigenvalue weighted by molar-refractivity contribution is -0.145. The van der Waals surface area contributed by atoms with Crippen LogP contribution in [0.1, 0.15) is 44.9 Å². The van der Waals surface area contributed by atoms with Crippen LogP contribution in [0.2, 0.25) is 0 Å². The smallest absolute Gasteiger partial charge is 0.223 e. The highest BCUT2D eigenvalue weighted by Gasteiger charge is 2.45. The maximum absolute atomic E-state index is 12.6. The highest BCUT2D eigenvalue weighted by atomic mass is 32.2. The van der Waals surface area contributed by atoms with Gasteiger partial charge >= 0.3 is 0 Å². The van der Waals surface area contributed by atoms with E-state index >= 15 is 0 Å². The van der Waals surface area contributed by atoms with Gasteiger partial charge in [-0.2, -0.15) is 0 Å². The number of carbonyl (C=O) groups is 2. The van der Waals surface area contributed by atoms with Crippen LogP contribution < -0.4 is 0 Å². The summed E-state index contributed by atoms with van der Waals surface area (Å²) in [7, 11) is -3.13. The van der Waals surface area contributed by atoms with Gasteiger partial charge in [0.05, 0.1) is 5.75 Å². The number of hydrogen-bond acceptors (Lipinski definition) is 4. The zero-order valence-electron chi connectivity index (χ0n) is 14.6. The van der Waals surface area contributed by atoms with Crippen molar-refractivity contribution in [1.29, 1.82) is 0 Å². The second-order valence-electron chi connectivity index (χ2n) is 7.85. The van der Waals surface area contributed by atoms with Crippen LogP contribution in [0.15, 0.2) is 0 Å². The fraction of sp³-hybridized carbons (Fsp3) is 0.882. The Morgan fingerprint density at radius 1 is 1.12 bits per heavy atom. The van der Waals surface area contributed by atoms with E-state index in [4.69, 9.17) is 0 Å². The molecule has 8 heteroatoms. The molecular formula is C17H27N3O4S. The summed E-state index contributed by atoms with van der Waals surface area (Å²) >= 11 is 0. The lowest BCUT2D eigenvalue weighted by Gasteiger charge is -2.47. The molecule has 0 N–H and O–H groups in total. The van der Waals surface area contributed by atoms with E-state index in [0.29, 0.717) is 62.9 Å². The zero-order chi connectivity index (χ0) is 17.6. The minimum atomic E-state index is -3.13. The molecule has 1 aliphatic carbocycles. The van der Waals surface area contributed by atoms with Crippen LogP contribution in [-0.2, 0) is 19.6 Å². The van der Waals surface area contributed by atoms with Crippen LogP contribution in [0.5, 0.6) is 0 Å². The Hall–Kier alpha value is -1.15. The Balaban J connectivity index is 1.32. The van der Waals surface area contributed by atoms with E-state index in [-0.39, 0.29) is 18.1 Å². The predicted octanol–water partition coefficient (Wildman–Crippen LogP) is 0.414. The lowest BCUT2D eigenvalue weighted by Crippen LogP contribution is -2.57. The van der Waals surface area contributed by atoms with E-state index in [1.807, 2.05) is 4.90 Å². The number of rotatable bonds is 4. The van der Waals surface area contributed by atoms with E-state index in [2.05, 4.69) is 4.90 Å². The standard InChI is InChI=1S/C17H27N3O4S/c21-16(7-10-19-8-1-11-25(19,23)24)18-9-6-15-13(12-18)2-5-17(22)20(15)14-3-4-14/h13-15H,1-12H2. The van der Waals surface area contributed by atoms with Gasteiger partial charge in [0.15, 0.2) is 0 Å². The van der Waals surface area contributed by atoms with Gasteiger partial charge in [-0.3, -0.25) is 9.59 Å². The molecule has 2 atom stereocenters. The molecule has 3 saturated heterocycles. The normalized spacial score (nSPS) is 32.7. The first-order valence-electron chi connectivity index (χ1n) is 9.52. The van der Waals surface area contributed by atoms with Gasteiger partial charge in [0.2, 0.25) is 21.8 Å². The maximum atomic E-state index is 12.6. The Morgan fingerprint density at radius 2 is 1.92 bits per heavy atom. The summed E-state index contributed by atoms with van der Waals surface area (Å²) in [5.74, 6) is 0.935. The van der Waals surface area contributed by atoms with Gasteiger partial charge in [0.25, 0.3) is 0 Å². The summed E-state index contributed by atoms with van der Waals surface area (Å²) < 4.78 is 25.1. The van der Waals surface area contributed by atoms with E-state index < -0.39 is 10.0 Å². The monoisotopic (exact) mass is 369 g/mol. The molecule has 0 aromatic carbocycles. The molecule has 7 nitrogen and oxygen atoms in total. The molecule has 0 radical (unpaired) electrons. The average Bonchev–Trinajstić information content (AvgIpc) is 3.35. The summed E-state index contributed by atoms with van der Waals surface area (Å²) in [6.45, 7) is 2.24. The van der Waals surface area contributed by atoms with Gasteiger partial charge in [-0.25, -0.2) is 12.7 Å². The molecule has 140 valence electrons. The van der Waals surface area contributed by atoms with Crippen molar-refractivity contribution >= 4 is 21.8 Å². The molecule has 25 heavy (non-hydrogen) atoms. The second-order valence-corrected chi connectivity index (χ2v) is 9.93. The fourth-order valence-corrected chi connectivity index (χ4v) is 6.20. The topological polar surface area (TPSA) is 78.0 Å². The Kier molecular flexibility index (Phi) is 4.52. The SMILES string of the molecule is O=C(CCN1CCCS1(=O)=O)N1CCC2C(CCC(=O)N2C2CC2)C1. The molecule has 4 rings (SSSR count). The molecule has 0 aromatic rings. The van der Waals surface area contributed by atoms with Crippen molar-refractivity contribution in [2.45, 2.75) is 57.0 Å². The Morgan fingerprint density at radius 3 is 2.60 bits per heavy atom. The highest BCUT2D eigenvalue weighted by Crippen LogP contribution is 2.39. The largest absolute Gasteiger partial charge is 0.342 e. The number of amides is 2. The third-order valence-corrected chi connectivity index (χ3v) is 8.10. The fourth-order valence-electron chi connectivity index (χ4n) is 4.67. The van der Waals surface area contributed by atoms with Gasteiger partial charge in [-0.05, 0) is 38.0 Å². The molecule has 4 fully saturated rings.